The summed E-state index contributed by atoms with van der Waals surface area (Å²) in [5.41, 5.74) is 1.36. The Kier molecular flexibility index (Phi) is 6.24. The minimum Gasteiger partial charge on any atom is -0.378 e. The molecule has 1 atom stereocenters. The Morgan fingerprint density at radius 1 is 1.32 bits per heavy atom. The highest BCUT2D eigenvalue weighted by Gasteiger charge is 2.24. The number of nitrogens with one attached hydrogen (secondary N) is 2. The number of hydrogen-bond acceptors (Lipinski definition) is 6. The minimum atomic E-state index is -0.247. The second-order valence-electron chi connectivity index (χ2n) is 6.79. The van der Waals surface area contributed by atoms with Crippen molar-refractivity contribution in [2.45, 2.75) is 12.6 Å². The second-order valence-corrected chi connectivity index (χ2v) is 7.16. The van der Waals surface area contributed by atoms with Crippen LogP contribution in [-0.4, -0.2) is 46.4 Å². The Labute approximate surface area is 168 Å². The van der Waals surface area contributed by atoms with Crippen LogP contribution in [0.25, 0.3) is 0 Å². The van der Waals surface area contributed by atoms with Gasteiger partial charge in [0.15, 0.2) is 4.77 Å². The predicted molar refractivity (Wildman–Crippen MR) is 106 cm³/mol. The lowest BCUT2D eigenvalue weighted by Crippen LogP contribution is -2.48. The van der Waals surface area contributed by atoms with Crippen LogP contribution < -0.4 is 10.8 Å². The number of morpholine rings is 1. The van der Waals surface area contributed by atoms with Crippen LogP contribution in [0.3, 0.4) is 0 Å². The Morgan fingerprint density at radius 3 is 2.71 bits per heavy atom. The third-order valence-electron chi connectivity index (χ3n) is 4.98. The summed E-state index contributed by atoms with van der Waals surface area (Å²) in [5, 5.41) is 21.0. The van der Waals surface area contributed by atoms with Gasteiger partial charge in [0, 0.05) is 33.7 Å². The van der Waals surface area contributed by atoms with Gasteiger partial charge in [0.2, 0.25) is 0 Å². The van der Waals surface area contributed by atoms with E-state index in [1.165, 1.54) is 16.7 Å². The highest BCUT2D eigenvalue weighted by molar-refractivity contribution is 7.71. The van der Waals surface area contributed by atoms with Gasteiger partial charge < -0.3 is 19.2 Å². The molecule has 1 aliphatic heterocycles. The Balaban J connectivity index is 1.79. The van der Waals surface area contributed by atoms with E-state index in [1.807, 2.05) is 0 Å². The van der Waals surface area contributed by atoms with E-state index >= 15 is 0 Å². The zero-order chi connectivity index (χ0) is 20.3. The van der Waals surface area contributed by atoms with Gasteiger partial charge in [-0.25, -0.2) is 4.39 Å². The van der Waals surface area contributed by atoms with E-state index in [1.54, 1.807) is 30.8 Å². The molecule has 2 heterocycles. The third kappa shape index (κ3) is 4.14. The molecule has 0 aliphatic carbocycles. The van der Waals surface area contributed by atoms with E-state index in [9.17, 15) is 9.65 Å². The van der Waals surface area contributed by atoms with Crippen LogP contribution in [-0.2, 0) is 25.4 Å². The fourth-order valence-electron chi connectivity index (χ4n) is 3.30. The molecule has 0 saturated carbocycles. The maximum Gasteiger partial charge on any atom is 0.182 e. The number of hydrogen-bond donors (Lipinski definition) is 2. The van der Waals surface area contributed by atoms with Crippen molar-refractivity contribution in [1.82, 2.24) is 14.0 Å². The van der Waals surface area contributed by atoms with E-state index < -0.39 is 0 Å². The number of aromatic nitrogens is 2. The van der Waals surface area contributed by atoms with Crippen LogP contribution in [0.5, 0.6) is 0 Å². The number of rotatable bonds is 5. The molecule has 9 heteroatoms. The third-order valence-corrected chi connectivity index (χ3v) is 5.53. The molecule has 1 aromatic carbocycles. The minimum absolute atomic E-state index is 0.0713. The summed E-state index contributed by atoms with van der Waals surface area (Å²) in [6.45, 7) is 3.18. The van der Waals surface area contributed by atoms with Crippen LogP contribution in [0.15, 0.2) is 24.3 Å². The van der Waals surface area contributed by atoms with Gasteiger partial charge >= 0.3 is 0 Å². The molecule has 2 N–H and O–H groups in total. The molecule has 1 aliphatic rings. The topological polar surface area (TPSA) is 82.0 Å². The molecule has 148 valence electrons. The van der Waals surface area contributed by atoms with Crippen molar-refractivity contribution in [1.29, 1.82) is 10.7 Å². The van der Waals surface area contributed by atoms with Crippen molar-refractivity contribution < 1.29 is 9.13 Å². The van der Waals surface area contributed by atoms with Crippen molar-refractivity contribution in [3.8, 4) is 6.07 Å². The zero-order valence-electron chi connectivity index (χ0n) is 15.9. The van der Waals surface area contributed by atoms with Gasteiger partial charge in [0.05, 0.1) is 19.3 Å². The number of nitrogens with zero attached hydrogens (tertiary/aromatic N) is 4. The lowest BCUT2D eigenvalue weighted by molar-refractivity contribution is -0.00650. The normalized spacial score (nSPS) is 17.3. The monoisotopic (exact) mass is 402 g/mol. The zero-order valence-corrected chi connectivity index (χ0v) is 16.7. The molecule has 1 aromatic heterocycles. The molecule has 2 aromatic rings. The van der Waals surface area contributed by atoms with E-state index in [0.717, 1.165) is 12.1 Å². The first-order valence-electron chi connectivity index (χ1n) is 8.97. The average Bonchev–Trinajstić information content (AvgIpc) is 2.70. The van der Waals surface area contributed by atoms with E-state index in [2.05, 4.69) is 16.3 Å². The van der Waals surface area contributed by atoms with E-state index in [-0.39, 0.29) is 22.9 Å². The number of nitriles is 1. The van der Waals surface area contributed by atoms with Crippen LogP contribution in [0.4, 0.5) is 10.2 Å². The fraction of sp³-hybridized carbons (Fsp3) is 0.421. The SMILES string of the molecule is Cn1c(NCC2COCCN2Cc2ccc(F)cc2)c(C#N)c(=N)n(C)c1=S. The lowest BCUT2D eigenvalue weighted by atomic mass is 10.1. The number of ether oxygens (including phenoxy) is 1. The molecule has 3 rings (SSSR count). The molecule has 0 spiro atoms. The van der Waals surface area contributed by atoms with Crippen molar-refractivity contribution in [2.24, 2.45) is 14.1 Å². The Morgan fingerprint density at radius 2 is 2.04 bits per heavy atom. The first-order valence-corrected chi connectivity index (χ1v) is 9.38. The van der Waals surface area contributed by atoms with Crippen molar-refractivity contribution in [2.75, 3.05) is 31.6 Å². The summed E-state index contributed by atoms with van der Waals surface area (Å²) in [6, 6.07) is 8.68. The van der Waals surface area contributed by atoms with Gasteiger partial charge in [0.1, 0.15) is 28.8 Å². The van der Waals surface area contributed by atoms with Crippen LogP contribution >= 0.6 is 12.2 Å². The van der Waals surface area contributed by atoms with Gasteiger partial charge in [-0.05, 0) is 29.9 Å². The molecular weight excluding hydrogens is 379 g/mol. The molecule has 1 unspecified atom stereocenters. The van der Waals surface area contributed by atoms with Crippen molar-refractivity contribution in [3.63, 3.8) is 0 Å². The maximum atomic E-state index is 13.2. The summed E-state index contributed by atoms with van der Waals surface area (Å²) in [7, 11) is 3.45. The van der Waals surface area contributed by atoms with Crippen molar-refractivity contribution in [3.05, 3.63) is 51.5 Å². The fourth-order valence-corrected chi connectivity index (χ4v) is 3.48. The molecule has 1 saturated heterocycles. The van der Waals surface area contributed by atoms with Crippen LogP contribution in [0.1, 0.15) is 11.1 Å². The first-order chi connectivity index (χ1) is 13.4. The van der Waals surface area contributed by atoms with E-state index in [4.69, 9.17) is 22.4 Å². The smallest absolute Gasteiger partial charge is 0.182 e. The summed E-state index contributed by atoms with van der Waals surface area (Å²) in [4.78, 5) is 2.27. The second kappa shape index (κ2) is 8.65. The molecule has 28 heavy (non-hydrogen) atoms. The van der Waals surface area contributed by atoms with Gasteiger partial charge in [-0.3, -0.25) is 10.3 Å². The maximum absolute atomic E-state index is 13.2. The van der Waals surface area contributed by atoms with Gasteiger partial charge in [-0.2, -0.15) is 5.26 Å². The van der Waals surface area contributed by atoms with Gasteiger partial charge in [-0.15, -0.1) is 0 Å². The predicted octanol–water partition coefficient (Wildman–Crippen LogP) is 1.90. The van der Waals surface area contributed by atoms with E-state index in [0.29, 0.717) is 36.9 Å². The Bertz CT molecular complexity index is 1010. The highest BCUT2D eigenvalue weighted by Crippen LogP contribution is 2.16. The lowest BCUT2D eigenvalue weighted by Gasteiger charge is -2.36. The van der Waals surface area contributed by atoms with Crippen LogP contribution in [0, 0.1) is 27.3 Å². The summed E-state index contributed by atoms with van der Waals surface area (Å²) in [6.07, 6.45) is 0. The quantitative estimate of drug-likeness (QED) is 0.747. The Hall–Kier alpha value is -2.54. The molecule has 0 bridgehead atoms. The molecular formula is C19H23FN6OS. The average molecular weight is 402 g/mol. The molecule has 1 fully saturated rings. The molecule has 0 radical (unpaired) electrons. The summed E-state index contributed by atoms with van der Waals surface area (Å²) < 4.78 is 22.5. The number of halogens is 1. The summed E-state index contributed by atoms with van der Waals surface area (Å²) in [5.74, 6) is 0.284. The molecule has 7 nitrogen and oxygen atoms in total. The standard InChI is InChI=1S/C19H23FN6OS/c1-24-17(22)16(9-21)18(25(2)19(24)28)23-10-15-12-27-8-7-26(15)11-13-3-5-14(20)6-4-13/h3-6,15,22-23H,7-8,10-12H2,1-2H3. The highest BCUT2D eigenvalue weighted by atomic mass is 32.1. The van der Waals surface area contributed by atoms with Gasteiger partial charge in [0.25, 0.3) is 0 Å². The first kappa shape index (κ1) is 20.2. The van der Waals surface area contributed by atoms with Crippen molar-refractivity contribution >= 4 is 18.0 Å². The molecule has 0 amide bonds. The van der Waals surface area contributed by atoms with Gasteiger partial charge in [-0.1, -0.05) is 12.1 Å². The summed E-state index contributed by atoms with van der Waals surface area (Å²) >= 11 is 5.36. The number of anilines is 1. The number of benzene rings is 1. The largest absolute Gasteiger partial charge is 0.378 e. The van der Waals surface area contributed by atoms with Crippen LogP contribution in [0.2, 0.25) is 0 Å².